The van der Waals surface area contributed by atoms with E-state index in [0.29, 0.717) is 19.8 Å². The van der Waals surface area contributed by atoms with Crippen LogP contribution >= 0.6 is 15.9 Å². The quantitative estimate of drug-likeness (QED) is 0.740. The highest BCUT2D eigenvalue weighted by Gasteiger charge is 2.17. The Balaban J connectivity index is 2.59. The van der Waals surface area contributed by atoms with E-state index in [1.807, 2.05) is 11.7 Å². The van der Waals surface area contributed by atoms with Crippen LogP contribution in [0.3, 0.4) is 0 Å². The molecule has 0 saturated heterocycles. The van der Waals surface area contributed by atoms with E-state index in [4.69, 9.17) is 9.47 Å². The van der Waals surface area contributed by atoms with Gasteiger partial charge in [-0.2, -0.15) is 5.10 Å². The zero-order chi connectivity index (χ0) is 12.7. The van der Waals surface area contributed by atoms with Crippen LogP contribution in [-0.4, -0.2) is 43.3 Å². The molecule has 1 aromatic heterocycles. The lowest BCUT2D eigenvalue weighted by atomic mass is 10.2. The summed E-state index contributed by atoms with van der Waals surface area (Å²) in [4.78, 5) is 0. The summed E-state index contributed by atoms with van der Waals surface area (Å²) in [5.74, 6) is 0. The summed E-state index contributed by atoms with van der Waals surface area (Å²) >= 11 is 3.51. The predicted octanol–water partition coefficient (Wildman–Crippen LogP) is 1.50. The zero-order valence-electron chi connectivity index (χ0n) is 10.6. The lowest BCUT2D eigenvalue weighted by molar-refractivity contribution is 0.0576. The third-order valence-electron chi connectivity index (χ3n) is 2.43. The Morgan fingerprint density at radius 2 is 2.29 bits per heavy atom. The summed E-state index contributed by atoms with van der Waals surface area (Å²) in [6.07, 6.45) is 1.80. The molecule has 6 heteroatoms. The average Bonchev–Trinajstić information content (AvgIpc) is 2.63. The SMILES string of the molecule is CCNC(COCCOC)c1c(Br)cnn1C. The molecule has 1 aromatic rings. The van der Waals surface area contributed by atoms with Crippen molar-refractivity contribution >= 4 is 15.9 Å². The summed E-state index contributed by atoms with van der Waals surface area (Å²) in [5, 5.41) is 7.60. The Morgan fingerprint density at radius 1 is 1.53 bits per heavy atom. The first-order valence-corrected chi connectivity index (χ1v) is 6.47. The van der Waals surface area contributed by atoms with Crippen molar-refractivity contribution in [1.82, 2.24) is 15.1 Å². The molecule has 17 heavy (non-hydrogen) atoms. The van der Waals surface area contributed by atoms with Gasteiger partial charge >= 0.3 is 0 Å². The van der Waals surface area contributed by atoms with E-state index in [2.05, 4.69) is 33.3 Å². The van der Waals surface area contributed by atoms with Crippen LogP contribution in [-0.2, 0) is 16.5 Å². The smallest absolute Gasteiger partial charge is 0.0740 e. The van der Waals surface area contributed by atoms with Gasteiger partial charge in [-0.3, -0.25) is 4.68 Å². The molecule has 0 aromatic carbocycles. The molecule has 0 bridgehead atoms. The van der Waals surface area contributed by atoms with Gasteiger partial charge in [0.05, 0.1) is 42.2 Å². The summed E-state index contributed by atoms with van der Waals surface area (Å²) in [6.45, 7) is 4.79. The second-order valence-electron chi connectivity index (χ2n) is 3.68. The molecular formula is C11H20BrN3O2. The van der Waals surface area contributed by atoms with E-state index in [9.17, 15) is 0 Å². The normalized spacial score (nSPS) is 12.9. The topological polar surface area (TPSA) is 48.3 Å². The lowest BCUT2D eigenvalue weighted by Gasteiger charge is -2.19. The summed E-state index contributed by atoms with van der Waals surface area (Å²) in [6, 6.07) is 0.138. The first kappa shape index (κ1) is 14.6. The fourth-order valence-corrected chi connectivity index (χ4v) is 2.26. The van der Waals surface area contributed by atoms with Crippen molar-refractivity contribution in [1.29, 1.82) is 0 Å². The van der Waals surface area contributed by atoms with Crippen LogP contribution < -0.4 is 5.32 Å². The van der Waals surface area contributed by atoms with E-state index in [0.717, 1.165) is 16.7 Å². The minimum absolute atomic E-state index is 0.138. The first-order chi connectivity index (χ1) is 8.20. The Morgan fingerprint density at radius 3 is 2.82 bits per heavy atom. The van der Waals surface area contributed by atoms with Crippen LogP contribution in [0, 0.1) is 0 Å². The molecule has 1 N–H and O–H groups in total. The summed E-state index contributed by atoms with van der Waals surface area (Å²) in [5.41, 5.74) is 1.10. The second-order valence-corrected chi connectivity index (χ2v) is 4.53. The van der Waals surface area contributed by atoms with Gasteiger partial charge in [-0.15, -0.1) is 0 Å². The van der Waals surface area contributed by atoms with E-state index in [1.54, 1.807) is 13.3 Å². The number of hydrogen-bond acceptors (Lipinski definition) is 4. The van der Waals surface area contributed by atoms with Crippen LogP contribution in [0.2, 0.25) is 0 Å². The summed E-state index contributed by atoms with van der Waals surface area (Å²) < 4.78 is 13.4. The van der Waals surface area contributed by atoms with E-state index in [1.165, 1.54) is 0 Å². The first-order valence-electron chi connectivity index (χ1n) is 5.68. The van der Waals surface area contributed by atoms with Crippen LogP contribution in [0.15, 0.2) is 10.7 Å². The molecule has 0 fully saturated rings. The van der Waals surface area contributed by atoms with E-state index < -0.39 is 0 Å². The molecule has 1 heterocycles. The number of nitrogens with one attached hydrogen (secondary N) is 1. The standard InChI is InChI=1S/C11H20BrN3O2/c1-4-13-10(8-17-6-5-16-3)11-9(12)7-14-15(11)2/h7,10,13H,4-6,8H2,1-3H3. The number of ether oxygens (including phenoxy) is 2. The minimum atomic E-state index is 0.138. The monoisotopic (exact) mass is 305 g/mol. The van der Waals surface area contributed by atoms with Crippen molar-refractivity contribution in [2.45, 2.75) is 13.0 Å². The highest BCUT2D eigenvalue weighted by atomic mass is 79.9. The van der Waals surface area contributed by atoms with Crippen LogP contribution in [0.5, 0.6) is 0 Å². The number of hydrogen-bond donors (Lipinski definition) is 1. The maximum Gasteiger partial charge on any atom is 0.0740 e. The Kier molecular flexibility index (Phi) is 6.72. The molecule has 1 unspecified atom stereocenters. The molecular weight excluding hydrogens is 286 g/mol. The van der Waals surface area contributed by atoms with E-state index in [-0.39, 0.29) is 6.04 Å². The number of methoxy groups -OCH3 is 1. The highest BCUT2D eigenvalue weighted by Crippen LogP contribution is 2.22. The number of aryl methyl sites for hydroxylation is 1. The number of aromatic nitrogens is 2. The third kappa shape index (κ3) is 4.39. The molecule has 1 rings (SSSR count). The van der Waals surface area contributed by atoms with E-state index >= 15 is 0 Å². The molecule has 0 aliphatic heterocycles. The van der Waals surface area contributed by atoms with Crippen molar-refractivity contribution in [3.05, 3.63) is 16.4 Å². The number of rotatable bonds is 8. The van der Waals surface area contributed by atoms with Gasteiger partial charge in [0.2, 0.25) is 0 Å². The van der Waals surface area contributed by atoms with Crippen molar-refractivity contribution in [3.8, 4) is 0 Å². The molecule has 0 amide bonds. The number of halogens is 1. The molecule has 0 saturated carbocycles. The molecule has 98 valence electrons. The van der Waals surface area contributed by atoms with Gasteiger partial charge in [0, 0.05) is 14.2 Å². The zero-order valence-corrected chi connectivity index (χ0v) is 12.2. The van der Waals surface area contributed by atoms with Crippen molar-refractivity contribution in [2.24, 2.45) is 7.05 Å². The van der Waals surface area contributed by atoms with Crippen molar-refractivity contribution in [3.63, 3.8) is 0 Å². The Hall–Kier alpha value is -0.430. The third-order valence-corrected chi connectivity index (χ3v) is 3.05. The van der Waals surface area contributed by atoms with Gasteiger partial charge in [-0.1, -0.05) is 6.92 Å². The van der Waals surface area contributed by atoms with Crippen LogP contribution in [0.25, 0.3) is 0 Å². The number of nitrogens with zero attached hydrogens (tertiary/aromatic N) is 2. The maximum absolute atomic E-state index is 5.57. The molecule has 0 spiro atoms. The minimum Gasteiger partial charge on any atom is -0.382 e. The van der Waals surface area contributed by atoms with Gasteiger partial charge in [0.25, 0.3) is 0 Å². The molecule has 1 atom stereocenters. The second kappa shape index (κ2) is 7.81. The van der Waals surface area contributed by atoms with Crippen LogP contribution in [0.4, 0.5) is 0 Å². The van der Waals surface area contributed by atoms with Gasteiger partial charge in [-0.25, -0.2) is 0 Å². The Bertz CT molecular complexity index is 311. The largest absolute Gasteiger partial charge is 0.382 e. The summed E-state index contributed by atoms with van der Waals surface area (Å²) in [7, 11) is 3.60. The fraction of sp³-hybridized carbons (Fsp3) is 0.727. The average molecular weight is 306 g/mol. The van der Waals surface area contributed by atoms with Crippen molar-refractivity contribution in [2.75, 3.05) is 33.5 Å². The molecule has 0 aliphatic rings. The van der Waals surface area contributed by atoms with Gasteiger partial charge in [-0.05, 0) is 22.5 Å². The maximum atomic E-state index is 5.57. The lowest BCUT2D eigenvalue weighted by Crippen LogP contribution is -2.28. The predicted molar refractivity (Wildman–Crippen MR) is 70.0 cm³/mol. The molecule has 5 nitrogen and oxygen atoms in total. The van der Waals surface area contributed by atoms with Gasteiger partial charge in [0.1, 0.15) is 0 Å². The number of likely N-dealkylation sites (N-methyl/N-ethyl adjacent to an activating group) is 1. The van der Waals surface area contributed by atoms with Crippen molar-refractivity contribution < 1.29 is 9.47 Å². The molecule has 0 radical (unpaired) electrons. The Labute approximate surface area is 111 Å². The van der Waals surface area contributed by atoms with Crippen LogP contribution in [0.1, 0.15) is 18.7 Å². The van der Waals surface area contributed by atoms with Gasteiger partial charge < -0.3 is 14.8 Å². The fourth-order valence-electron chi connectivity index (χ4n) is 1.64. The highest BCUT2D eigenvalue weighted by molar-refractivity contribution is 9.10. The molecule has 0 aliphatic carbocycles. The van der Waals surface area contributed by atoms with Gasteiger partial charge in [0.15, 0.2) is 0 Å².